The van der Waals surface area contributed by atoms with Crippen molar-refractivity contribution in [2.24, 2.45) is 5.73 Å². The first kappa shape index (κ1) is 5.17. The average molecular weight is 128 g/mol. The largest absolute Gasteiger partial charge is 0.417 e. The van der Waals surface area contributed by atoms with Crippen molar-refractivity contribution in [3.8, 4) is 0 Å². The van der Waals surface area contributed by atoms with Gasteiger partial charge in [0.2, 0.25) is 0 Å². The molecule has 0 aliphatic carbocycles. The molecule has 42 valence electrons. The van der Waals surface area contributed by atoms with Crippen molar-refractivity contribution in [2.45, 2.75) is 0 Å². The molecular weight excluding hydrogens is 124 g/mol. The van der Waals surface area contributed by atoms with Gasteiger partial charge in [-0.1, -0.05) is 0 Å². The van der Waals surface area contributed by atoms with Crippen LogP contribution in [0.4, 0.5) is 4.79 Å². The van der Waals surface area contributed by atoms with E-state index in [1.165, 1.54) is 6.20 Å². The highest BCUT2D eigenvalue weighted by atomic mass is 28.2. The molecule has 0 bridgehead atoms. The summed E-state index contributed by atoms with van der Waals surface area (Å²) in [7, 11) is -1.54. The third-order valence-corrected chi connectivity index (χ3v) is 1.92. The molecule has 4 nitrogen and oxygen atoms in total. The molecule has 0 unspecified atom stereocenters. The molecule has 0 spiro atoms. The summed E-state index contributed by atoms with van der Waals surface area (Å²) in [6, 6.07) is 0. The number of rotatable bonds is 1. The summed E-state index contributed by atoms with van der Waals surface area (Å²) in [6.45, 7) is 0. The number of hydrogen-bond donors (Lipinski definition) is 1. The van der Waals surface area contributed by atoms with Crippen LogP contribution in [0.3, 0.4) is 0 Å². The number of aromatic nitrogens is 1. The molecule has 0 fully saturated rings. The van der Waals surface area contributed by atoms with Gasteiger partial charge in [0.05, 0.1) is 6.20 Å². The summed E-state index contributed by atoms with van der Waals surface area (Å²) in [5, 5.41) is 3.35. The van der Waals surface area contributed by atoms with E-state index in [1.54, 1.807) is 5.68 Å². The zero-order chi connectivity index (χ0) is 5.98. The van der Waals surface area contributed by atoms with E-state index < -0.39 is 14.2 Å². The second-order valence-corrected chi connectivity index (χ2v) is 2.98. The maximum absolute atomic E-state index is 10.2. The smallest absolute Gasteiger partial charge is 0.381 e. The lowest BCUT2D eigenvalue weighted by atomic mass is 11.1. The van der Waals surface area contributed by atoms with Gasteiger partial charge in [-0.05, 0) is 5.68 Å². The minimum atomic E-state index is -1.54. The van der Waals surface area contributed by atoms with Crippen LogP contribution in [0.25, 0.3) is 0 Å². The highest BCUT2D eigenvalue weighted by molar-refractivity contribution is 6.77. The monoisotopic (exact) mass is 128 g/mol. The summed E-state index contributed by atoms with van der Waals surface area (Å²) >= 11 is 0. The minimum absolute atomic E-state index is 0.410. The topological polar surface area (TPSA) is 69.1 Å². The number of nitrogens with zero attached hydrogens (tertiary/aromatic N) is 1. The van der Waals surface area contributed by atoms with E-state index in [-0.39, 0.29) is 0 Å². The Morgan fingerprint density at radius 1 is 1.88 bits per heavy atom. The number of carbonyl (C=O) groups excluding carboxylic acids is 1. The quantitative estimate of drug-likeness (QED) is 0.524. The van der Waals surface area contributed by atoms with Gasteiger partial charge in [0.15, 0.2) is 0 Å². The molecule has 8 heavy (non-hydrogen) atoms. The number of nitrogens with two attached hydrogens (primary N) is 1. The Morgan fingerprint density at radius 3 is 2.88 bits per heavy atom. The molecule has 1 aromatic heterocycles. The van der Waals surface area contributed by atoms with Crippen molar-refractivity contribution in [1.29, 1.82) is 0 Å². The van der Waals surface area contributed by atoms with Crippen molar-refractivity contribution >= 4 is 14.2 Å². The second-order valence-electron chi connectivity index (χ2n) is 1.24. The molecule has 1 rings (SSSR count). The first-order valence-corrected chi connectivity index (χ1v) is 3.50. The Kier molecular flexibility index (Phi) is 1.21. The van der Waals surface area contributed by atoms with Gasteiger partial charge in [0.25, 0.3) is 5.53 Å². The van der Waals surface area contributed by atoms with Crippen LogP contribution in [-0.4, -0.2) is 19.3 Å². The van der Waals surface area contributed by atoms with Crippen molar-refractivity contribution in [1.82, 2.24) is 5.16 Å². The van der Waals surface area contributed by atoms with E-state index in [9.17, 15) is 4.79 Å². The molecule has 0 aliphatic rings. The van der Waals surface area contributed by atoms with Gasteiger partial charge in [-0.15, -0.1) is 5.16 Å². The van der Waals surface area contributed by atoms with Crippen LogP contribution in [0, 0.1) is 0 Å². The van der Waals surface area contributed by atoms with Gasteiger partial charge in [0, 0.05) is 0 Å². The fraction of sp³-hybridized carbons (Fsp3) is 0. The standard InChI is InChI=1S/C3H4N2O2Si/c4-3(6)8-2-1-5-7-8/h1-2H,(H2,4,6). The first-order chi connectivity index (χ1) is 3.80. The van der Waals surface area contributed by atoms with Crippen molar-refractivity contribution < 1.29 is 9.00 Å². The molecule has 0 saturated heterocycles. The molecule has 5 heteroatoms. The molecule has 1 aromatic rings. The Balaban J connectivity index is 2.93. The van der Waals surface area contributed by atoms with Crippen LogP contribution >= 0.6 is 0 Å². The lowest BCUT2D eigenvalue weighted by molar-refractivity contribution is 0.264. The maximum atomic E-state index is 10.2. The highest BCUT2D eigenvalue weighted by Gasteiger charge is 2.04. The van der Waals surface area contributed by atoms with Crippen LogP contribution < -0.4 is 5.73 Å². The number of primary amides is 1. The zero-order valence-electron chi connectivity index (χ0n) is 4.00. The van der Waals surface area contributed by atoms with Gasteiger partial charge < -0.3 is 9.94 Å². The number of hydrogen-bond acceptors (Lipinski definition) is 3. The Labute approximate surface area is 46.9 Å². The van der Waals surface area contributed by atoms with Crippen LogP contribution in [0.2, 0.25) is 0 Å². The predicted molar refractivity (Wildman–Crippen MR) is 27.4 cm³/mol. The van der Waals surface area contributed by atoms with Crippen LogP contribution in [0.1, 0.15) is 0 Å². The normalized spacial score (nSPS) is 9.00. The number of carbonyl (C=O) groups is 1. The summed E-state index contributed by atoms with van der Waals surface area (Å²) in [4.78, 5) is 10.2. The predicted octanol–water partition coefficient (Wildman–Crippen LogP) is -0.373. The molecular formula is C3H4N2O2Si. The third kappa shape index (κ3) is 0.811. The van der Waals surface area contributed by atoms with E-state index in [1.807, 2.05) is 0 Å². The van der Waals surface area contributed by atoms with Gasteiger partial charge >= 0.3 is 8.65 Å². The fourth-order valence-electron chi connectivity index (χ4n) is 0.343. The minimum Gasteiger partial charge on any atom is -0.417 e. The molecule has 2 N–H and O–H groups in total. The van der Waals surface area contributed by atoms with E-state index in [2.05, 4.69) is 9.36 Å². The Morgan fingerprint density at radius 2 is 2.62 bits per heavy atom. The second kappa shape index (κ2) is 1.87. The third-order valence-electron chi connectivity index (χ3n) is 0.681. The van der Waals surface area contributed by atoms with Crippen molar-refractivity contribution in [3.63, 3.8) is 0 Å². The lowest BCUT2D eigenvalue weighted by Crippen LogP contribution is -2.18. The summed E-state index contributed by atoms with van der Waals surface area (Å²) in [6.07, 6.45) is 1.44. The van der Waals surface area contributed by atoms with Crippen LogP contribution in [0.5, 0.6) is 0 Å². The summed E-state index contributed by atoms with van der Waals surface area (Å²) in [5.74, 6) is 0. The van der Waals surface area contributed by atoms with Gasteiger partial charge in [0.1, 0.15) is 0 Å². The van der Waals surface area contributed by atoms with E-state index in [4.69, 9.17) is 5.73 Å². The Hall–Kier alpha value is -0.973. The highest BCUT2D eigenvalue weighted by Crippen LogP contribution is 1.78. The van der Waals surface area contributed by atoms with Gasteiger partial charge in [-0.3, -0.25) is 4.79 Å². The first-order valence-electron chi connectivity index (χ1n) is 2.01. The summed E-state index contributed by atoms with van der Waals surface area (Å²) < 4.78 is 4.56. The Bertz CT molecular complexity index is 183. The average Bonchev–Trinajstić information content (AvgIpc) is 2.12. The van der Waals surface area contributed by atoms with Gasteiger partial charge in [-0.2, -0.15) is 0 Å². The number of amides is 1. The van der Waals surface area contributed by atoms with E-state index in [0.717, 1.165) is 0 Å². The van der Waals surface area contributed by atoms with Gasteiger partial charge in [-0.25, -0.2) is 0 Å². The summed E-state index contributed by atoms with van der Waals surface area (Å²) in [5.41, 5.74) is 6.05. The lowest BCUT2D eigenvalue weighted by Gasteiger charge is -1.76. The van der Waals surface area contributed by atoms with Crippen molar-refractivity contribution in [2.75, 3.05) is 0 Å². The van der Waals surface area contributed by atoms with Crippen LogP contribution in [-0.2, 0) is 0 Å². The molecule has 0 saturated carbocycles. The SMILES string of the molecule is NC(=O)[si]1ccno1. The van der Waals surface area contributed by atoms with E-state index in [0.29, 0.717) is 0 Å². The molecule has 0 aromatic carbocycles. The van der Waals surface area contributed by atoms with Crippen molar-refractivity contribution in [3.05, 3.63) is 11.9 Å². The molecule has 1 heterocycles. The molecule has 0 atom stereocenters. The molecule has 0 aliphatic heterocycles. The zero-order valence-corrected chi connectivity index (χ0v) is 5.00. The van der Waals surface area contributed by atoms with E-state index >= 15 is 0 Å². The van der Waals surface area contributed by atoms with Crippen LogP contribution in [0.15, 0.2) is 16.1 Å². The maximum Gasteiger partial charge on any atom is 0.381 e. The molecule has 0 radical (unpaired) electrons. The fourth-order valence-corrected chi connectivity index (χ4v) is 1.03. The molecule has 1 amide bonds.